The predicted molar refractivity (Wildman–Crippen MR) is 111 cm³/mol. The maximum atomic E-state index is 13.0. The molecule has 1 saturated heterocycles. The fourth-order valence-corrected chi connectivity index (χ4v) is 2.92. The lowest BCUT2D eigenvalue weighted by molar-refractivity contribution is -0.137. The van der Waals surface area contributed by atoms with Gasteiger partial charge in [-0.15, -0.1) is 24.0 Å². The number of nitrogens with zero attached hydrogens (tertiary/aromatic N) is 3. The smallest absolute Gasteiger partial charge is 0.370 e. The zero-order valence-corrected chi connectivity index (χ0v) is 17.7. The summed E-state index contributed by atoms with van der Waals surface area (Å²) in [5, 5.41) is 9.98. The summed E-state index contributed by atoms with van der Waals surface area (Å²) in [6.07, 6.45) is -3.15. The summed E-state index contributed by atoms with van der Waals surface area (Å²) in [7, 11) is 0. The molecule has 1 aliphatic heterocycles. The molecular weight excluding hydrogens is 486 g/mol. The quantitative estimate of drug-likeness (QED) is 0.376. The van der Waals surface area contributed by atoms with Crippen molar-refractivity contribution in [3.8, 4) is 0 Å². The van der Waals surface area contributed by atoms with Gasteiger partial charge in [0, 0.05) is 19.3 Å². The number of alkyl halides is 3. The number of ether oxygens (including phenoxy) is 1. The highest BCUT2D eigenvalue weighted by Crippen LogP contribution is 2.32. The van der Waals surface area contributed by atoms with E-state index in [1.807, 2.05) is 17.9 Å². The largest absolute Gasteiger partial charge is 0.416 e. The molecule has 6 nitrogen and oxygen atoms in total. The van der Waals surface area contributed by atoms with Gasteiger partial charge in [-0.2, -0.15) is 18.3 Å². The van der Waals surface area contributed by atoms with Crippen molar-refractivity contribution in [3.05, 3.63) is 53.3 Å². The first-order valence-corrected chi connectivity index (χ1v) is 8.77. The fourth-order valence-electron chi connectivity index (χ4n) is 2.92. The van der Waals surface area contributed by atoms with Gasteiger partial charge in [0.05, 0.1) is 31.0 Å². The third-order valence-corrected chi connectivity index (χ3v) is 4.24. The molecule has 0 amide bonds. The molecule has 1 fully saturated rings. The van der Waals surface area contributed by atoms with Gasteiger partial charge in [0.15, 0.2) is 5.96 Å². The van der Waals surface area contributed by atoms with Gasteiger partial charge in [-0.1, -0.05) is 12.1 Å². The van der Waals surface area contributed by atoms with Crippen LogP contribution in [0.2, 0.25) is 0 Å². The number of halogens is 4. The van der Waals surface area contributed by atoms with Crippen LogP contribution < -0.4 is 5.32 Å². The van der Waals surface area contributed by atoms with Crippen LogP contribution in [0.25, 0.3) is 0 Å². The first-order valence-electron chi connectivity index (χ1n) is 8.77. The maximum Gasteiger partial charge on any atom is 0.416 e. The molecule has 0 radical (unpaired) electrons. The molecule has 10 heteroatoms. The zero-order chi connectivity index (χ0) is 19.3. The molecule has 28 heavy (non-hydrogen) atoms. The third kappa shape index (κ3) is 5.84. The van der Waals surface area contributed by atoms with Gasteiger partial charge < -0.3 is 15.0 Å². The average Bonchev–Trinajstić information content (AvgIpc) is 3.18. The third-order valence-electron chi connectivity index (χ3n) is 4.24. The van der Waals surface area contributed by atoms with Gasteiger partial charge in [0.1, 0.15) is 6.10 Å². The number of nitrogens with one attached hydrogen (secondary N) is 2. The van der Waals surface area contributed by atoms with Crippen LogP contribution in [0.3, 0.4) is 0 Å². The van der Waals surface area contributed by atoms with Crippen LogP contribution in [-0.4, -0.2) is 47.3 Å². The number of aromatic nitrogens is 2. The summed E-state index contributed by atoms with van der Waals surface area (Å²) in [5.74, 6) is 0.701. The second kappa shape index (κ2) is 10.1. The average molecular weight is 509 g/mol. The molecule has 0 aliphatic carbocycles. The normalized spacial score (nSPS) is 17.9. The SMILES string of the molecule is CCNC(=NCc1ccn[nH]1)N1CCOC(c2cccc(C(F)(F)F)c2)C1.I. The molecule has 0 bridgehead atoms. The van der Waals surface area contributed by atoms with Crippen molar-refractivity contribution in [1.82, 2.24) is 20.4 Å². The molecule has 1 atom stereocenters. The van der Waals surface area contributed by atoms with E-state index in [9.17, 15) is 13.2 Å². The van der Waals surface area contributed by atoms with Crippen molar-refractivity contribution in [3.63, 3.8) is 0 Å². The lowest BCUT2D eigenvalue weighted by atomic mass is 10.0. The van der Waals surface area contributed by atoms with Crippen LogP contribution in [0, 0.1) is 0 Å². The van der Waals surface area contributed by atoms with Crippen LogP contribution in [0.15, 0.2) is 41.5 Å². The second-order valence-corrected chi connectivity index (χ2v) is 6.18. The Kier molecular flexibility index (Phi) is 8.10. The van der Waals surface area contributed by atoms with Gasteiger partial charge in [0.2, 0.25) is 0 Å². The highest BCUT2D eigenvalue weighted by Gasteiger charge is 2.32. The van der Waals surface area contributed by atoms with Gasteiger partial charge in [-0.3, -0.25) is 5.10 Å². The number of aliphatic imine (C=N–C) groups is 1. The Morgan fingerprint density at radius 2 is 2.21 bits per heavy atom. The lowest BCUT2D eigenvalue weighted by Crippen LogP contribution is -2.48. The van der Waals surface area contributed by atoms with Crippen LogP contribution in [0.5, 0.6) is 0 Å². The zero-order valence-electron chi connectivity index (χ0n) is 15.4. The molecule has 0 saturated carbocycles. The Morgan fingerprint density at radius 3 is 2.89 bits per heavy atom. The summed E-state index contributed by atoms with van der Waals surface area (Å²) < 4.78 is 44.7. The van der Waals surface area contributed by atoms with Crippen LogP contribution in [0.4, 0.5) is 13.2 Å². The highest BCUT2D eigenvalue weighted by molar-refractivity contribution is 14.0. The Bertz CT molecular complexity index is 767. The van der Waals surface area contributed by atoms with E-state index in [2.05, 4.69) is 20.5 Å². The molecule has 3 rings (SSSR count). The number of morpholine rings is 1. The van der Waals surface area contributed by atoms with Crippen molar-refractivity contribution in [2.24, 2.45) is 4.99 Å². The fraction of sp³-hybridized carbons (Fsp3) is 0.444. The summed E-state index contributed by atoms with van der Waals surface area (Å²) in [4.78, 5) is 6.60. The number of hydrogen-bond donors (Lipinski definition) is 2. The Morgan fingerprint density at radius 1 is 1.39 bits per heavy atom. The minimum atomic E-state index is -4.37. The van der Waals surface area contributed by atoms with E-state index in [0.717, 1.165) is 17.8 Å². The van der Waals surface area contributed by atoms with Crippen LogP contribution in [0.1, 0.15) is 29.8 Å². The van der Waals surface area contributed by atoms with E-state index in [1.54, 1.807) is 12.3 Å². The summed E-state index contributed by atoms with van der Waals surface area (Å²) in [5.41, 5.74) is 0.729. The molecule has 0 spiro atoms. The van der Waals surface area contributed by atoms with Crippen LogP contribution >= 0.6 is 24.0 Å². The summed E-state index contributed by atoms with van der Waals surface area (Å²) >= 11 is 0. The van der Waals surface area contributed by atoms with Crippen molar-refractivity contribution in [1.29, 1.82) is 0 Å². The van der Waals surface area contributed by atoms with Gasteiger partial charge in [-0.05, 0) is 30.7 Å². The van der Waals surface area contributed by atoms with Crippen molar-refractivity contribution < 1.29 is 17.9 Å². The molecule has 1 aromatic carbocycles. The number of rotatable bonds is 4. The predicted octanol–water partition coefficient (Wildman–Crippen LogP) is 3.59. The minimum Gasteiger partial charge on any atom is -0.370 e. The van der Waals surface area contributed by atoms with E-state index < -0.39 is 17.8 Å². The molecule has 1 unspecified atom stereocenters. The van der Waals surface area contributed by atoms with Crippen LogP contribution in [-0.2, 0) is 17.5 Å². The molecule has 2 aromatic rings. The standard InChI is InChI=1S/C18H22F3N5O.HI/c1-2-22-17(23-11-15-6-7-24-25-15)26-8-9-27-16(12-26)13-4-3-5-14(10-13)18(19,20)21;/h3-7,10,16H,2,8-9,11-12H2,1H3,(H,22,23)(H,24,25);1H. The van der Waals surface area contributed by atoms with Gasteiger partial charge >= 0.3 is 6.18 Å². The van der Waals surface area contributed by atoms with E-state index in [-0.39, 0.29) is 24.0 Å². The molecule has 154 valence electrons. The topological polar surface area (TPSA) is 65.5 Å². The second-order valence-electron chi connectivity index (χ2n) is 6.18. The van der Waals surface area contributed by atoms with Gasteiger partial charge in [0.25, 0.3) is 0 Å². The monoisotopic (exact) mass is 509 g/mol. The molecule has 1 aliphatic rings. The number of aromatic amines is 1. The van der Waals surface area contributed by atoms with E-state index in [4.69, 9.17) is 4.74 Å². The van der Waals surface area contributed by atoms with Crippen molar-refractivity contribution in [2.45, 2.75) is 25.7 Å². The maximum absolute atomic E-state index is 13.0. The number of guanidine groups is 1. The van der Waals surface area contributed by atoms with Crippen molar-refractivity contribution in [2.75, 3.05) is 26.2 Å². The lowest BCUT2D eigenvalue weighted by Gasteiger charge is -2.35. The summed E-state index contributed by atoms with van der Waals surface area (Å²) in [6, 6.07) is 7.15. The van der Waals surface area contributed by atoms with Crippen molar-refractivity contribution >= 4 is 29.9 Å². The number of benzene rings is 1. The van der Waals surface area contributed by atoms with E-state index in [1.165, 1.54) is 6.07 Å². The van der Waals surface area contributed by atoms with E-state index in [0.29, 0.717) is 44.3 Å². The molecule has 2 N–H and O–H groups in total. The van der Waals surface area contributed by atoms with Gasteiger partial charge in [-0.25, -0.2) is 4.99 Å². The summed E-state index contributed by atoms with van der Waals surface area (Å²) in [6.45, 7) is 4.55. The molecule has 2 heterocycles. The molecular formula is C18H23F3IN5O. The van der Waals surface area contributed by atoms with E-state index >= 15 is 0 Å². The molecule has 1 aromatic heterocycles. The minimum absolute atomic E-state index is 0. The Labute approximate surface area is 178 Å². The number of H-pyrrole nitrogens is 1. The highest BCUT2D eigenvalue weighted by atomic mass is 127. The Hall–Kier alpha value is -1.82. The Balaban J connectivity index is 0.00000280. The first kappa shape index (κ1) is 22.5. The first-order chi connectivity index (χ1) is 13.0. The number of hydrogen-bond acceptors (Lipinski definition) is 3.